The molecule has 1 atom stereocenters. The number of benzene rings is 3. The van der Waals surface area contributed by atoms with Crippen molar-refractivity contribution in [3.63, 3.8) is 0 Å². The quantitative estimate of drug-likeness (QED) is 0.269. The van der Waals surface area contributed by atoms with Gasteiger partial charge in [0.05, 0.1) is 18.2 Å². The first-order valence-corrected chi connectivity index (χ1v) is 12.5. The highest BCUT2D eigenvalue weighted by Crippen LogP contribution is 2.41. The third-order valence-electron chi connectivity index (χ3n) is 6.49. The predicted molar refractivity (Wildman–Crippen MR) is 139 cm³/mol. The molecule has 190 valence electrons. The van der Waals surface area contributed by atoms with Crippen molar-refractivity contribution in [3.8, 4) is 17.2 Å². The number of hydrogen-bond acceptors (Lipinski definition) is 6. The van der Waals surface area contributed by atoms with Gasteiger partial charge in [0, 0.05) is 12.1 Å². The summed E-state index contributed by atoms with van der Waals surface area (Å²) in [5, 5.41) is 11.4. The van der Waals surface area contributed by atoms with E-state index in [0.717, 1.165) is 12.0 Å². The molecule has 3 aromatic rings. The minimum Gasteiger partial charge on any atom is -0.507 e. The SMILES string of the molecule is CCCOc1cccc([C@@H]2C(=C(O)c3ccc4c(c3)OCCO4)C(=O)C(=O)N2CCc2ccccc2)c1. The molecular weight excluding hydrogens is 470 g/mol. The van der Waals surface area contributed by atoms with E-state index in [4.69, 9.17) is 14.2 Å². The lowest BCUT2D eigenvalue weighted by atomic mass is 9.95. The van der Waals surface area contributed by atoms with E-state index >= 15 is 0 Å². The molecule has 1 N–H and O–H groups in total. The molecule has 2 heterocycles. The first-order valence-electron chi connectivity index (χ1n) is 12.5. The third-order valence-corrected chi connectivity index (χ3v) is 6.49. The Morgan fingerprint density at radius 3 is 2.54 bits per heavy atom. The average Bonchev–Trinajstić information content (AvgIpc) is 3.20. The van der Waals surface area contributed by atoms with E-state index in [1.165, 1.54) is 4.90 Å². The second-order valence-electron chi connectivity index (χ2n) is 9.01. The van der Waals surface area contributed by atoms with Crippen LogP contribution in [0.25, 0.3) is 5.76 Å². The fourth-order valence-corrected chi connectivity index (χ4v) is 4.69. The Labute approximate surface area is 215 Å². The number of nitrogens with zero attached hydrogens (tertiary/aromatic N) is 1. The topological polar surface area (TPSA) is 85.3 Å². The molecule has 0 bridgehead atoms. The van der Waals surface area contributed by atoms with Crippen LogP contribution in [0, 0.1) is 0 Å². The maximum absolute atomic E-state index is 13.4. The molecular formula is C30H29NO6. The molecule has 7 nitrogen and oxygen atoms in total. The number of carbonyl (C=O) groups excluding carboxylic acids is 2. The fourth-order valence-electron chi connectivity index (χ4n) is 4.69. The Bertz CT molecular complexity index is 1330. The van der Waals surface area contributed by atoms with Gasteiger partial charge in [-0.3, -0.25) is 9.59 Å². The second kappa shape index (κ2) is 10.8. The molecule has 37 heavy (non-hydrogen) atoms. The molecule has 5 rings (SSSR count). The van der Waals surface area contributed by atoms with Crippen molar-refractivity contribution < 1.29 is 28.9 Å². The van der Waals surface area contributed by atoms with Crippen LogP contribution in [0.4, 0.5) is 0 Å². The predicted octanol–water partition coefficient (Wildman–Crippen LogP) is 4.91. The number of aliphatic hydroxyl groups excluding tert-OH is 1. The van der Waals surface area contributed by atoms with Gasteiger partial charge in [-0.1, -0.05) is 49.4 Å². The molecule has 1 fully saturated rings. The number of Topliss-reactive ketones (excluding diaryl/α,β-unsaturated/α-hetero) is 1. The summed E-state index contributed by atoms with van der Waals surface area (Å²) in [6.07, 6.45) is 1.42. The lowest BCUT2D eigenvalue weighted by Crippen LogP contribution is -2.31. The molecule has 2 aliphatic heterocycles. The van der Waals surface area contributed by atoms with Crippen molar-refractivity contribution in [1.29, 1.82) is 0 Å². The smallest absolute Gasteiger partial charge is 0.295 e. The zero-order chi connectivity index (χ0) is 25.8. The number of rotatable bonds is 8. The van der Waals surface area contributed by atoms with Gasteiger partial charge < -0.3 is 24.2 Å². The molecule has 7 heteroatoms. The first-order chi connectivity index (χ1) is 18.1. The number of fused-ring (bicyclic) bond motifs is 1. The number of likely N-dealkylation sites (tertiary alicyclic amines) is 1. The van der Waals surface area contributed by atoms with Crippen molar-refractivity contribution in [3.05, 3.63) is 95.1 Å². The lowest BCUT2D eigenvalue weighted by Gasteiger charge is -2.26. The summed E-state index contributed by atoms with van der Waals surface area (Å²) in [6, 6.07) is 21.4. The maximum Gasteiger partial charge on any atom is 0.295 e. The second-order valence-corrected chi connectivity index (χ2v) is 9.01. The largest absolute Gasteiger partial charge is 0.507 e. The summed E-state index contributed by atoms with van der Waals surface area (Å²) >= 11 is 0. The van der Waals surface area contributed by atoms with Gasteiger partial charge in [0.25, 0.3) is 11.7 Å². The number of hydrogen-bond donors (Lipinski definition) is 1. The number of ether oxygens (including phenoxy) is 3. The standard InChI is InChI=1S/C30H29NO6/c1-2-15-35-23-10-6-9-21(18-23)27-26(28(32)22-11-12-24-25(19-22)37-17-16-36-24)29(33)30(34)31(27)14-13-20-7-4-3-5-8-20/h3-12,18-19,27,32H,2,13-17H2,1H3/t27-/m1/s1. The minimum atomic E-state index is -0.762. The number of aliphatic hydroxyl groups is 1. The molecule has 3 aromatic carbocycles. The van der Waals surface area contributed by atoms with Crippen LogP contribution in [0.2, 0.25) is 0 Å². The van der Waals surface area contributed by atoms with E-state index in [2.05, 4.69) is 0 Å². The van der Waals surface area contributed by atoms with E-state index in [0.29, 0.717) is 61.2 Å². The summed E-state index contributed by atoms with van der Waals surface area (Å²) in [4.78, 5) is 28.2. The highest BCUT2D eigenvalue weighted by Gasteiger charge is 2.46. The molecule has 1 amide bonds. The van der Waals surface area contributed by atoms with Crippen molar-refractivity contribution >= 4 is 17.4 Å². The minimum absolute atomic E-state index is 0.0439. The van der Waals surface area contributed by atoms with Gasteiger partial charge in [0.15, 0.2) is 11.5 Å². The Morgan fingerprint density at radius 2 is 1.76 bits per heavy atom. The highest BCUT2D eigenvalue weighted by molar-refractivity contribution is 6.46. The van der Waals surface area contributed by atoms with Crippen molar-refractivity contribution in [2.45, 2.75) is 25.8 Å². The Balaban J connectivity index is 1.57. The zero-order valence-electron chi connectivity index (χ0n) is 20.7. The molecule has 2 aliphatic rings. The van der Waals surface area contributed by atoms with Crippen LogP contribution in [0.15, 0.2) is 78.4 Å². The average molecular weight is 500 g/mol. The van der Waals surface area contributed by atoms with Crippen molar-refractivity contribution in [1.82, 2.24) is 4.90 Å². The number of ketones is 1. The van der Waals surface area contributed by atoms with E-state index in [1.807, 2.05) is 61.5 Å². The van der Waals surface area contributed by atoms with Gasteiger partial charge in [-0.05, 0) is 54.3 Å². The van der Waals surface area contributed by atoms with Crippen LogP contribution < -0.4 is 14.2 Å². The van der Waals surface area contributed by atoms with Crippen LogP contribution in [-0.4, -0.2) is 48.1 Å². The van der Waals surface area contributed by atoms with E-state index in [9.17, 15) is 14.7 Å². The third kappa shape index (κ3) is 5.03. The van der Waals surface area contributed by atoms with Gasteiger partial charge in [0.2, 0.25) is 0 Å². The van der Waals surface area contributed by atoms with Crippen LogP contribution in [0.5, 0.6) is 17.2 Å². The summed E-state index contributed by atoms with van der Waals surface area (Å²) in [5.74, 6) is 0.100. The summed E-state index contributed by atoms with van der Waals surface area (Å²) in [6.45, 7) is 3.73. The summed E-state index contributed by atoms with van der Waals surface area (Å²) < 4.78 is 17.1. The monoisotopic (exact) mass is 499 g/mol. The molecule has 0 saturated carbocycles. The summed E-state index contributed by atoms with van der Waals surface area (Å²) in [5.41, 5.74) is 2.17. The van der Waals surface area contributed by atoms with Crippen LogP contribution in [0.1, 0.15) is 36.1 Å². The summed E-state index contributed by atoms with van der Waals surface area (Å²) in [7, 11) is 0. The van der Waals surface area contributed by atoms with Crippen LogP contribution in [0.3, 0.4) is 0 Å². The zero-order valence-corrected chi connectivity index (χ0v) is 20.7. The van der Waals surface area contributed by atoms with Gasteiger partial charge >= 0.3 is 0 Å². The van der Waals surface area contributed by atoms with Crippen LogP contribution in [-0.2, 0) is 16.0 Å². The molecule has 0 unspecified atom stereocenters. The normalized spacial score (nSPS) is 18.2. The number of amides is 1. The Hall–Kier alpha value is -4.26. The van der Waals surface area contributed by atoms with Gasteiger partial charge in [-0.15, -0.1) is 0 Å². The molecule has 0 radical (unpaired) electrons. The van der Waals surface area contributed by atoms with E-state index in [-0.39, 0.29) is 11.3 Å². The van der Waals surface area contributed by atoms with Crippen molar-refractivity contribution in [2.75, 3.05) is 26.4 Å². The Kier molecular flexibility index (Phi) is 7.12. The molecule has 0 spiro atoms. The number of carbonyl (C=O) groups is 2. The van der Waals surface area contributed by atoms with Crippen LogP contribution >= 0.6 is 0 Å². The van der Waals surface area contributed by atoms with E-state index < -0.39 is 17.7 Å². The maximum atomic E-state index is 13.4. The van der Waals surface area contributed by atoms with E-state index in [1.54, 1.807) is 18.2 Å². The van der Waals surface area contributed by atoms with Gasteiger partial charge in [-0.2, -0.15) is 0 Å². The first kappa shape index (κ1) is 24.4. The fraction of sp³-hybridized carbons (Fsp3) is 0.267. The molecule has 0 aromatic heterocycles. The van der Waals surface area contributed by atoms with Gasteiger partial charge in [0.1, 0.15) is 24.7 Å². The van der Waals surface area contributed by atoms with Crippen molar-refractivity contribution in [2.24, 2.45) is 0 Å². The lowest BCUT2D eigenvalue weighted by molar-refractivity contribution is -0.139. The highest BCUT2D eigenvalue weighted by atomic mass is 16.6. The Morgan fingerprint density at radius 1 is 0.973 bits per heavy atom. The van der Waals surface area contributed by atoms with Gasteiger partial charge in [-0.25, -0.2) is 0 Å². The molecule has 0 aliphatic carbocycles. The molecule has 1 saturated heterocycles.